The van der Waals surface area contributed by atoms with E-state index in [4.69, 9.17) is 9.29 Å². The highest BCUT2D eigenvalue weighted by Gasteiger charge is 2.67. The summed E-state index contributed by atoms with van der Waals surface area (Å²) in [6.07, 6.45) is -8.44. The summed E-state index contributed by atoms with van der Waals surface area (Å²) < 4.78 is 107. The van der Waals surface area contributed by atoms with Gasteiger partial charge in [0.1, 0.15) is 6.10 Å². The Kier molecular flexibility index (Phi) is 9.29. The van der Waals surface area contributed by atoms with Crippen LogP contribution >= 0.6 is 0 Å². The molecule has 4 rings (SSSR count). The molecule has 4 aliphatic rings. The summed E-state index contributed by atoms with van der Waals surface area (Å²) in [5.74, 6) is -2.27. The SMILES string of the molecule is C[C@H](CCC(=O)OC(C(F)(F)F)C(F)(F)S(=O)(=O)O)[C@H]1CC[C@H]2[C@@H]3[C@H](OC=O)CC4C[C@H](O)CC[C@]4(C)[C@H]3C[C@H](O)[C@]12C. The summed E-state index contributed by atoms with van der Waals surface area (Å²) in [4.78, 5) is 23.8. The van der Waals surface area contributed by atoms with Crippen molar-refractivity contribution in [2.45, 2.75) is 114 Å². The number of rotatable bonds is 9. The number of halogens is 5. The molecule has 4 aliphatic carbocycles. The standard InChI is InChI=1S/C28H41F5O9S/c1-14(4-7-22(37)42-24(27(29,30)31)28(32,33)43(38,39)40)17-5-6-18-23-19(12-21(36)26(17,18)3)25(2)9-8-16(35)10-15(25)11-20(23)41-13-34/h13-21,23-24,35-36H,4-12H2,1-3H3,(H,38,39,40)/t14-,15?,16-,17-,18+,19+,20-,21+,23+,24?,25+,26-/m1/s1. The fourth-order valence-corrected chi connectivity index (χ4v) is 9.97. The van der Waals surface area contributed by atoms with Gasteiger partial charge >= 0.3 is 27.5 Å². The first-order valence-electron chi connectivity index (χ1n) is 14.8. The van der Waals surface area contributed by atoms with Crippen molar-refractivity contribution in [3.05, 3.63) is 0 Å². The zero-order valence-corrected chi connectivity index (χ0v) is 25.1. The number of aliphatic hydroxyl groups excluding tert-OH is 2. The molecule has 0 aromatic carbocycles. The van der Waals surface area contributed by atoms with Crippen LogP contribution in [0.4, 0.5) is 22.0 Å². The molecule has 15 heteroatoms. The number of esters is 1. The molecular formula is C28H41F5O9S. The first-order chi connectivity index (χ1) is 19.7. The molecule has 0 aliphatic heterocycles. The van der Waals surface area contributed by atoms with E-state index in [9.17, 15) is 50.2 Å². The average molecular weight is 649 g/mol. The van der Waals surface area contributed by atoms with E-state index in [0.717, 1.165) is 6.42 Å². The summed E-state index contributed by atoms with van der Waals surface area (Å²) in [5, 5.41) is 16.2. The highest BCUT2D eigenvalue weighted by Crippen LogP contribution is 2.68. The van der Waals surface area contributed by atoms with Gasteiger partial charge in [0.15, 0.2) is 0 Å². The molecule has 0 aromatic heterocycles. The van der Waals surface area contributed by atoms with Gasteiger partial charge in [0, 0.05) is 12.3 Å². The van der Waals surface area contributed by atoms with Crippen LogP contribution in [0.1, 0.15) is 78.6 Å². The molecule has 12 atom stereocenters. The van der Waals surface area contributed by atoms with Crippen LogP contribution in [0.2, 0.25) is 0 Å². The lowest BCUT2D eigenvalue weighted by molar-refractivity contribution is -0.259. The monoisotopic (exact) mass is 648 g/mol. The van der Waals surface area contributed by atoms with Crippen molar-refractivity contribution in [3.8, 4) is 0 Å². The number of fused-ring (bicyclic) bond motifs is 5. The van der Waals surface area contributed by atoms with Crippen molar-refractivity contribution in [1.29, 1.82) is 0 Å². The van der Waals surface area contributed by atoms with Gasteiger partial charge in [0.05, 0.1) is 12.2 Å². The van der Waals surface area contributed by atoms with E-state index < -0.39 is 63.8 Å². The van der Waals surface area contributed by atoms with Crippen molar-refractivity contribution in [3.63, 3.8) is 0 Å². The number of alkyl halides is 5. The van der Waals surface area contributed by atoms with Crippen LogP contribution in [0.5, 0.6) is 0 Å². The van der Waals surface area contributed by atoms with E-state index in [2.05, 4.69) is 11.7 Å². The predicted octanol–water partition coefficient (Wildman–Crippen LogP) is 4.50. The van der Waals surface area contributed by atoms with Crippen molar-refractivity contribution in [2.24, 2.45) is 46.3 Å². The lowest BCUT2D eigenvalue weighted by Gasteiger charge is -2.63. The summed E-state index contributed by atoms with van der Waals surface area (Å²) in [6.45, 7) is 6.31. The second-order valence-corrected chi connectivity index (χ2v) is 15.2. The van der Waals surface area contributed by atoms with E-state index in [1.54, 1.807) is 6.92 Å². The normalized spacial score (nSPS) is 41.3. The van der Waals surface area contributed by atoms with Gasteiger partial charge in [0.2, 0.25) is 0 Å². The molecule has 2 unspecified atom stereocenters. The van der Waals surface area contributed by atoms with E-state index >= 15 is 0 Å². The Balaban J connectivity index is 1.50. The van der Waals surface area contributed by atoms with Crippen molar-refractivity contribution in [1.82, 2.24) is 0 Å². The maximum Gasteiger partial charge on any atom is 0.432 e. The molecule has 0 saturated heterocycles. The van der Waals surface area contributed by atoms with Crippen LogP contribution in [0.15, 0.2) is 0 Å². The molecule has 9 nitrogen and oxygen atoms in total. The number of aliphatic hydroxyl groups is 2. The third kappa shape index (κ3) is 5.92. The molecule has 0 aromatic rings. The van der Waals surface area contributed by atoms with Crippen molar-refractivity contribution >= 4 is 22.6 Å². The van der Waals surface area contributed by atoms with Crippen molar-refractivity contribution < 1.29 is 64.2 Å². The van der Waals surface area contributed by atoms with Crippen LogP contribution in [-0.4, -0.2) is 71.5 Å². The van der Waals surface area contributed by atoms with Crippen LogP contribution in [-0.2, 0) is 29.2 Å². The minimum atomic E-state index is -6.54. The molecule has 0 amide bonds. The zero-order chi connectivity index (χ0) is 32.3. The minimum absolute atomic E-state index is 0.0320. The van der Waals surface area contributed by atoms with Crippen LogP contribution < -0.4 is 0 Å². The predicted molar refractivity (Wildman–Crippen MR) is 140 cm³/mol. The second kappa shape index (κ2) is 11.7. The fourth-order valence-electron chi connectivity index (χ4n) is 9.52. The van der Waals surface area contributed by atoms with Gasteiger partial charge in [-0.15, -0.1) is 0 Å². The highest BCUT2D eigenvalue weighted by molar-refractivity contribution is 7.86. The molecule has 248 valence electrons. The smallest absolute Gasteiger partial charge is 0.432 e. The molecule has 0 heterocycles. The van der Waals surface area contributed by atoms with Crippen molar-refractivity contribution in [2.75, 3.05) is 0 Å². The maximum atomic E-state index is 13.8. The summed E-state index contributed by atoms with van der Waals surface area (Å²) >= 11 is 0. The Hall–Kier alpha value is -1.58. The second-order valence-electron chi connectivity index (χ2n) is 13.7. The first kappa shape index (κ1) is 34.3. The Bertz CT molecular complexity index is 1170. The molecule has 0 radical (unpaired) electrons. The van der Waals surface area contributed by atoms with Gasteiger partial charge in [-0.3, -0.25) is 14.1 Å². The van der Waals surface area contributed by atoms with Crippen LogP contribution in [0, 0.1) is 46.3 Å². The zero-order valence-electron chi connectivity index (χ0n) is 24.3. The highest BCUT2D eigenvalue weighted by atomic mass is 32.2. The number of hydrogen-bond acceptors (Lipinski definition) is 8. The topological polar surface area (TPSA) is 147 Å². The van der Waals surface area contributed by atoms with Gasteiger partial charge in [-0.1, -0.05) is 20.8 Å². The Morgan fingerprint density at radius 2 is 1.70 bits per heavy atom. The number of ether oxygens (including phenoxy) is 2. The van der Waals surface area contributed by atoms with Gasteiger partial charge in [-0.2, -0.15) is 30.4 Å². The maximum absolute atomic E-state index is 13.8. The number of carbonyl (C=O) groups is 2. The summed E-state index contributed by atoms with van der Waals surface area (Å²) in [5.41, 5.74) is -0.861. The van der Waals surface area contributed by atoms with Gasteiger partial charge < -0.3 is 19.7 Å². The molecule has 4 fully saturated rings. The third-order valence-electron chi connectivity index (χ3n) is 11.7. The Labute approximate surface area is 247 Å². The van der Waals surface area contributed by atoms with E-state index in [1.807, 2.05) is 6.92 Å². The van der Waals surface area contributed by atoms with E-state index in [0.29, 0.717) is 45.0 Å². The lowest BCUT2D eigenvalue weighted by atomic mass is 9.43. The van der Waals surface area contributed by atoms with Gasteiger partial charge in [-0.05, 0) is 91.8 Å². The summed E-state index contributed by atoms with van der Waals surface area (Å²) in [6, 6.07) is 0. The molecule has 43 heavy (non-hydrogen) atoms. The van der Waals surface area contributed by atoms with Crippen LogP contribution in [0.25, 0.3) is 0 Å². The minimum Gasteiger partial charge on any atom is -0.464 e. The molecule has 3 N–H and O–H groups in total. The lowest BCUT2D eigenvalue weighted by Crippen LogP contribution is -2.62. The van der Waals surface area contributed by atoms with E-state index in [-0.39, 0.29) is 47.3 Å². The summed E-state index contributed by atoms with van der Waals surface area (Å²) in [7, 11) is -6.54. The molecule has 4 saturated carbocycles. The third-order valence-corrected chi connectivity index (χ3v) is 12.6. The van der Waals surface area contributed by atoms with Gasteiger partial charge in [0.25, 0.3) is 12.6 Å². The Morgan fingerprint density at radius 3 is 2.28 bits per heavy atom. The Morgan fingerprint density at radius 1 is 1.05 bits per heavy atom. The van der Waals surface area contributed by atoms with Gasteiger partial charge in [-0.25, -0.2) is 0 Å². The fraction of sp³-hybridized carbons (Fsp3) is 0.929. The van der Waals surface area contributed by atoms with E-state index in [1.165, 1.54) is 0 Å². The van der Waals surface area contributed by atoms with Crippen LogP contribution in [0.3, 0.4) is 0 Å². The molecule has 0 spiro atoms. The quantitative estimate of drug-likeness (QED) is 0.142. The number of hydrogen-bond donors (Lipinski definition) is 3. The average Bonchev–Trinajstić information content (AvgIpc) is 3.24. The largest absolute Gasteiger partial charge is 0.464 e. The first-order valence-corrected chi connectivity index (χ1v) is 16.2. The molecular weight excluding hydrogens is 607 g/mol. The number of carbonyl (C=O) groups excluding carboxylic acids is 2. The molecule has 0 bridgehead atoms.